The molecule has 5 heteroatoms. The maximum Gasteiger partial charge on any atom is 0.610 e. The predicted octanol–water partition coefficient (Wildman–Crippen LogP) is 4.43. The first-order chi connectivity index (χ1) is 15.3. The second-order valence-electron chi connectivity index (χ2n) is 8.55. The summed E-state index contributed by atoms with van der Waals surface area (Å²) in [6, 6.07) is 33.2. The molecule has 0 bridgehead atoms. The average molecular weight is 406 g/mol. The Morgan fingerprint density at radius 1 is 0.677 bits per heavy atom. The SMILES string of the molecule is c1ccc([B-]23Oc4ccccc4C[N+]2(Cc2ccccn2)Cc2ccccc2O3)cc1. The van der Waals surface area contributed by atoms with Gasteiger partial charge in [-0.05, 0) is 36.4 Å². The van der Waals surface area contributed by atoms with Gasteiger partial charge in [0.05, 0.1) is 36.8 Å². The van der Waals surface area contributed by atoms with E-state index in [-0.39, 0.29) is 0 Å². The molecule has 4 nitrogen and oxygen atoms in total. The van der Waals surface area contributed by atoms with E-state index in [1.165, 1.54) is 11.1 Å². The summed E-state index contributed by atoms with van der Waals surface area (Å²) >= 11 is 0. The molecule has 3 heterocycles. The number of hydrogen-bond acceptors (Lipinski definition) is 3. The lowest BCUT2D eigenvalue weighted by Crippen LogP contribution is -2.82. The predicted molar refractivity (Wildman–Crippen MR) is 122 cm³/mol. The lowest BCUT2D eigenvalue weighted by Gasteiger charge is -2.63. The highest BCUT2D eigenvalue weighted by atomic mass is 16.6. The number of pyridine rings is 1. The van der Waals surface area contributed by atoms with Gasteiger partial charge >= 0.3 is 6.69 Å². The summed E-state index contributed by atoms with van der Waals surface area (Å²) in [5.41, 5.74) is 4.52. The van der Waals surface area contributed by atoms with Crippen LogP contribution in [-0.4, -0.2) is 16.1 Å². The van der Waals surface area contributed by atoms with Crippen LogP contribution in [0.2, 0.25) is 0 Å². The smallest absolute Gasteiger partial charge is 0.610 e. The minimum atomic E-state index is -1.91. The van der Waals surface area contributed by atoms with Gasteiger partial charge in [0.2, 0.25) is 0 Å². The van der Waals surface area contributed by atoms with Crippen molar-refractivity contribution in [2.24, 2.45) is 0 Å². The maximum absolute atomic E-state index is 6.93. The van der Waals surface area contributed by atoms with E-state index in [0.29, 0.717) is 4.39 Å². The van der Waals surface area contributed by atoms with Crippen molar-refractivity contribution < 1.29 is 13.7 Å². The highest BCUT2D eigenvalue weighted by molar-refractivity contribution is 6.76. The number of hydrogen-bond donors (Lipinski definition) is 0. The molecule has 0 unspecified atom stereocenters. The Labute approximate surface area is 182 Å². The molecule has 0 saturated heterocycles. The van der Waals surface area contributed by atoms with Gasteiger partial charge in [-0.15, -0.1) is 0 Å². The van der Waals surface area contributed by atoms with Crippen molar-refractivity contribution in [1.82, 2.24) is 4.98 Å². The summed E-state index contributed by atoms with van der Waals surface area (Å²) < 4.78 is 14.5. The van der Waals surface area contributed by atoms with Gasteiger partial charge in [-0.3, -0.25) is 4.98 Å². The zero-order valence-corrected chi connectivity index (χ0v) is 17.2. The van der Waals surface area contributed by atoms with Crippen LogP contribution in [0.5, 0.6) is 11.5 Å². The lowest BCUT2D eigenvalue weighted by atomic mass is 9.55. The van der Waals surface area contributed by atoms with Crippen LogP contribution in [0.4, 0.5) is 0 Å². The van der Waals surface area contributed by atoms with Gasteiger partial charge in [-0.1, -0.05) is 66.1 Å². The summed E-state index contributed by atoms with van der Waals surface area (Å²) in [5, 5.41) is 0. The van der Waals surface area contributed by atoms with E-state index in [4.69, 9.17) is 9.31 Å². The standard InChI is InChI=1S/C26H23BN2O2/c1-2-12-23(13-3-1)27-29(20-24-14-8-9-17-28-24,18-21-10-4-6-15-25(21)30-27)19-22-11-5-7-16-26(22)31-27/h1-17H,18-20H2. The first-order valence-corrected chi connectivity index (χ1v) is 10.8. The minimum Gasteiger partial charge on any atom is -0.626 e. The highest BCUT2D eigenvalue weighted by Crippen LogP contribution is 2.45. The lowest BCUT2D eigenvalue weighted by molar-refractivity contribution is -0.890. The van der Waals surface area contributed by atoms with Gasteiger partial charge in [0.15, 0.2) is 0 Å². The molecular weight excluding hydrogens is 383 g/mol. The molecule has 6 rings (SSSR count). The first-order valence-electron chi connectivity index (χ1n) is 10.8. The third-order valence-electron chi connectivity index (χ3n) is 6.63. The van der Waals surface area contributed by atoms with E-state index in [2.05, 4.69) is 77.8 Å². The average Bonchev–Trinajstić information content (AvgIpc) is 2.82. The van der Waals surface area contributed by atoms with Crippen LogP contribution in [0.15, 0.2) is 103 Å². The van der Waals surface area contributed by atoms with Crippen molar-refractivity contribution >= 4 is 12.1 Å². The minimum absolute atomic E-state index is 0.620. The maximum atomic E-state index is 6.93. The first kappa shape index (κ1) is 18.2. The monoisotopic (exact) mass is 406 g/mol. The molecule has 0 fully saturated rings. The molecule has 0 amide bonds. The molecule has 0 atom stereocenters. The molecule has 0 aliphatic carbocycles. The van der Waals surface area contributed by atoms with Crippen LogP contribution in [0.25, 0.3) is 0 Å². The second kappa shape index (κ2) is 7.00. The molecule has 3 aromatic carbocycles. The number of para-hydroxylation sites is 2. The molecule has 0 spiro atoms. The molecule has 0 saturated carbocycles. The van der Waals surface area contributed by atoms with Crippen LogP contribution in [0.1, 0.15) is 16.8 Å². The Kier molecular flexibility index (Phi) is 4.11. The Morgan fingerprint density at radius 2 is 1.26 bits per heavy atom. The van der Waals surface area contributed by atoms with Crippen molar-refractivity contribution in [2.75, 3.05) is 0 Å². The van der Waals surface area contributed by atoms with Gasteiger partial charge in [0.1, 0.15) is 0 Å². The molecule has 2 aliphatic heterocycles. The zero-order valence-electron chi connectivity index (χ0n) is 17.2. The van der Waals surface area contributed by atoms with Crippen molar-refractivity contribution in [3.05, 3.63) is 120 Å². The number of rotatable bonds is 3. The summed E-state index contributed by atoms with van der Waals surface area (Å²) in [6.45, 7) is 0.446. The fourth-order valence-corrected chi connectivity index (χ4v) is 5.26. The topological polar surface area (TPSA) is 31.4 Å². The van der Waals surface area contributed by atoms with Crippen molar-refractivity contribution in [3.63, 3.8) is 0 Å². The fraction of sp³-hybridized carbons (Fsp3) is 0.115. The highest BCUT2D eigenvalue weighted by Gasteiger charge is 2.61. The van der Waals surface area contributed by atoms with Crippen LogP contribution in [0.3, 0.4) is 0 Å². The van der Waals surface area contributed by atoms with E-state index < -0.39 is 6.69 Å². The number of benzene rings is 3. The second-order valence-corrected chi connectivity index (χ2v) is 8.55. The van der Waals surface area contributed by atoms with Gasteiger partial charge in [-0.25, -0.2) is 0 Å². The Hall–Kier alpha value is -3.57. The Balaban J connectivity index is 1.62. The molecule has 4 aromatic rings. The van der Waals surface area contributed by atoms with Gasteiger partial charge in [-0.2, -0.15) is 0 Å². The van der Waals surface area contributed by atoms with Crippen LogP contribution in [0, 0.1) is 0 Å². The van der Waals surface area contributed by atoms with Crippen LogP contribution < -0.4 is 14.8 Å². The summed E-state index contributed by atoms with van der Waals surface area (Å²) in [6.07, 6.45) is 1.86. The van der Waals surface area contributed by atoms with Crippen molar-refractivity contribution in [1.29, 1.82) is 0 Å². The quantitative estimate of drug-likeness (QED) is 0.472. The van der Waals surface area contributed by atoms with E-state index in [9.17, 15) is 0 Å². The Morgan fingerprint density at radius 3 is 1.87 bits per heavy atom. The van der Waals surface area contributed by atoms with Crippen molar-refractivity contribution in [3.8, 4) is 11.5 Å². The molecule has 0 radical (unpaired) electrons. The van der Waals surface area contributed by atoms with Crippen LogP contribution in [-0.2, 0) is 19.6 Å². The van der Waals surface area contributed by atoms with Gasteiger partial charge < -0.3 is 13.7 Å². The summed E-state index contributed by atoms with van der Waals surface area (Å²) in [5.74, 6) is 1.81. The molecule has 1 aromatic heterocycles. The third-order valence-corrected chi connectivity index (χ3v) is 6.63. The van der Waals surface area contributed by atoms with Crippen LogP contribution >= 0.6 is 0 Å². The van der Waals surface area contributed by atoms with Gasteiger partial charge in [0.25, 0.3) is 0 Å². The number of nitrogens with zero attached hydrogens (tertiary/aromatic N) is 2. The Bertz CT molecular complexity index is 1180. The number of quaternary nitrogens is 1. The summed E-state index contributed by atoms with van der Waals surface area (Å²) in [4.78, 5) is 4.68. The van der Waals surface area contributed by atoms with E-state index >= 15 is 0 Å². The van der Waals surface area contributed by atoms with Crippen molar-refractivity contribution in [2.45, 2.75) is 19.6 Å². The summed E-state index contributed by atoms with van der Waals surface area (Å²) in [7, 11) is 0. The van der Waals surface area contributed by atoms with Gasteiger partial charge in [0, 0.05) is 17.3 Å². The van der Waals surface area contributed by atoms with E-state index in [1.807, 2.05) is 30.5 Å². The third kappa shape index (κ3) is 2.85. The normalized spacial score (nSPS) is 23.5. The number of fused-ring (bicyclic) bond motifs is 3. The number of aromatic nitrogens is 1. The molecule has 2 aliphatic rings. The molecule has 152 valence electrons. The molecule has 0 N–H and O–H groups in total. The molecular formula is C26H23BN2O2. The molecule has 31 heavy (non-hydrogen) atoms. The zero-order chi connectivity index (χ0) is 20.7. The van der Waals surface area contributed by atoms with E-state index in [1.54, 1.807) is 0 Å². The van der Waals surface area contributed by atoms with E-state index in [0.717, 1.165) is 42.3 Å². The largest absolute Gasteiger partial charge is 0.626 e. The fourth-order valence-electron chi connectivity index (χ4n) is 5.26.